The molecule has 160 valence electrons. The van der Waals surface area contributed by atoms with Crippen LogP contribution in [0.4, 0.5) is 19.3 Å². The van der Waals surface area contributed by atoms with Gasteiger partial charge in [0.05, 0.1) is 17.1 Å². The van der Waals surface area contributed by atoms with E-state index in [1.807, 2.05) is 7.05 Å². The van der Waals surface area contributed by atoms with Crippen molar-refractivity contribution in [3.8, 4) is 5.75 Å². The molecule has 2 aromatic rings. The highest BCUT2D eigenvalue weighted by molar-refractivity contribution is 5.86. The van der Waals surface area contributed by atoms with E-state index in [1.54, 1.807) is 4.90 Å². The van der Waals surface area contributed by atoms with Crippen LogP contribution in [-0.4, -0.2) is 53.5 Å². The Morgan fingerprint density at radius 1 is 1.23 bits per heavy atom. The molecule has 1 aromatic heterocycles. The molecule has 2 unspecified atom stereocenters. The van der Waals surface area contributed by atoms with Crippen molar-refractivity contribution in [3.05, 3.63) is 34.1 Å². The highest BCUT2D eigenvalue weighted by Crippen LogP contribution is 2.41. The van der Waals surface area contributed by atoms with Gasteiger partial charge in [0, 0.05) is 25.2 Å². The molecule has 1 aliphatic carbocycles. The predicted octanol–water partition coefficient (Wildman–Crippen LogP) is 3.20. The molecular weight excluding hydrogens is 396 g/mol. The molecule has 0 bridgehead atoms. The summed E-state index contributed by atoms with van der Waals surface area (Å²) in [6.07, 6.45) is 3.24. The first-order valence-corrected chi connectivity index (χ1v) is 10.3. The van der Waals surface area contributed by atoms with Gasteiger partial charge in [-0.2, -0.15) is 0 Å². The minimum absolute atomic E-state index is 0.0138. The Morgan fingerprint density at radius 3 is 2.67 bits per heavy atom. The second kappa shape index (κ2) is 6.94. The van der Waals surface area contributed by atoms with Gasteiger partial charge in [-0.15, -0.1) is 0 Å². The number of carboxylic acid groups (broad SMARTS) is 1. The molecular formula is C21H23F2N3O4. The van der Waals surface area contributed by atoms with Gasteiger partial charge in [-0.1, -0.05) is 0 Å². The average molecular weight is 419 g/mol. The molecule has 3 aliphatic rings. The second-order valence-corrected chi connectivity index (χ2v) is 8.60. The van der Waals surface area contributed by atoms with E-state index in [2.05, 4.69) is 9.64 Å². The molecule has 1 N–H and O–H groups in total. The molecule has 1 aromatic carbocycles. The number of hydrogen-bond acceptors (Lipinski definition) is 5. The summed E-state index contributed by atoms with van der Waals surface area (Å²) in [5.74, 6) is -1.66. The zero-order chi connectivity index (χ0) is 21.2. The molecule has 0 amide bonds. The minimum Gasteiger partial charge on any atom is -0.449 e. The Balaban J connectivity index is 1.65. The first kappa shape index (κ1) is 19.3. The standard InChI is InChI=1S/C21H23F2N3O4/c1-24-6-2-3-11-8-25(9-15(11)24)19-14(22)7-13-18(17(19)23)26(12-4-5-12)10-16(20(13)27)30-21(28)29/h7,10-12,15H,2-6,8-9H2,1H3,(H,28,29). The van der Waals surface area contributed by atoms with E-state index < -0.39 is 29.0 Å². The zero-order valence-corrected chi connectivity index (χ0v) is 16.6. The topological polar surface area (TPSA) is 75.0 Å². The van der Waals surface area contributed by atoms with Gasteiger partial charge in [-0.05, 0) is 51.3 Å². The summed E-state index contributed by atoms with van der Waals surface area (Å²) in [7, 11) is 2.04. The van der Waals surface area contributed by atoms with Crippen LogP contribution in [0, 0.1) is 17.6 Å². The highest BCUT2D eigenvalue weighted by Gasteiger charge is 2.40. The van der Waals surface area contributed by atoms with E-state index in [0.29, 0.717) is 19.0 Å². The summed E-state index contributed by atoms with van der Waals surface area (Å²) >= 11 is 0. The number of fused-ring (bicyclic) bond motifs is 2. The molecule has 5 rings (SSSR count). The molecule has 2 aliphatic heterocycles. The quantitative estimate of drug-likeness (QED) is 0.771. The Morgan fingerprint density at radius 2 is 2.00 bits per heavy atom. The number of benzene rings is 1. The summed E-state index contributed by atoms with van der Waals surface area (Å²) in [5.41, 5.74) is -0.922. The van der Waals surface area contributed by atoms with Gasteiger partial charge in [0.15, 0.2) is 11.6 Å². The van der Waals surface area contributed by atoms with Crippen molar-refractivity contribution < 1.29 is 23.4 Å². The van der Waals surface area contributed by atoms with E-state index in [9.17, 15) is 9.59 Å². The molecule has 0 spiro atoms. The van der Waals surface area contributed by atoms with E-state index in [0.717, 1.165) is 38.3 Å². The molecule has 2 saturated heterocycles. The van der Waals surface area contributed by atoms with Crippen molar-refractivity contribution in [2.75, 3.05) is 31.6 Å². The molecule has 9 heteroatoms. The molecule has 0 radical (unpaired) electrons. The maximum Gasteiger partial charge on any atom is 0.511 e. The van der Waals surface area contributed by atoms with Crippen LogP contribution >= 0.6 is 0 Å². The molecule has 2 atom stereocenters. The lowest BCUT2D eigenvalue weighted by atomic mass is 9.93. The molecule has 7 nitrogen and oxygen atoms in total. The van der Waals surface area contributed by atoms with Crippen molar-refractivity contribution in [3.63, 3.8) is 0 Å². The number of rotatable bonds is 3. The van der Waals surface area contributed by atoms with Gasteiger partial charge in [0.1, 0.15) is 11.5 Å². The van der Waals surface area contributed by atoms with E-state index in [1.165, 1.54) is 10.8 Å². The minimum atomic E-state index is -1.64. The lowest BCUT2D eigenvalue weighted by Gasteiger charge is -2.33. The largest absolute Gasteiger partial charge is 0.511 e. The number of carbonyl (C=O) groups is 1. The van der Waals surface area contributed by atoms with Crippen molar-refractivity contribution >= 4 is 22.7 Å². The van der Waals surface area contributed by atoms with Crippen LogP contribution in [0.15, 0.2) is 17.1 Å². The number of likely N-dealkylation sites (tertiary alicyclic amines) is 1. The molecule has 30 heavy (non-hydrogen) atoms. The molecule has 3 fully saturated rings. The van der Waals surface area contributed by atoms with Crippen molar-refractivity contribution in [1.82, 2.24) is 9.47 Å². The third-order valence-corrected chi connectivity index (χ3v) is 6.66. The second-order valence-electron chi connectivity index (χ2n) is 8.60. The molecule has 3 heterocycles. The number of nitrogens with zero attached hydrogens (tertiary/aromatic N) is 3. The summed E-state index contributed by atoms with van der Waals surface area (Å²) in [5, 5.41) is 8.70. The van der Waals surface area contributed by atoms with Crippen LogP contribution in [0.2, 0.25) is 0 Å². The average Bonchev–Trinajstić information content (AvgIpc) is 3.43. The highest BCUT2D eigenvalue weighted by atomic mass is 19.1. The SMILES string of the molecule is CN1CCCC2CN(c3c(F)cc4c(=O)c(OC(=O)O)cn(C5CC5)c4c3F)CC21. The monoisotopic (exact) mass is 419 g/mol. The fourth-order valence-electron chi connectivity index (χ4n) is 5.09. The van der Waals surface area contributed by atoms with Crippen LogP contribution < -0.4 is 15.1 Å². The lowest BCUT2D eigenvalue weighted by Crippen LogP contribution is -2.42. The van der Waals surface area contributed by atoms with Crippen LogP contribution in [-0.2, 0) is 0 Å². The van der Waals surface area contributed by atoms with Gasteiger partial charge in [-0.3, -0.25) is 4.79 Å². The van der Waals surface area contributed by atoms with Crippen molar-refractivity contribution in [2.45, 2.75) is 37.8 Å². The van der Waals surface area contributed by atoms with Gasteiger partial charge < -0.3 is 24.2 Å². The summed E-state index contributed by atoms with van der Waals surface area (Å²) in [6, 6.07) is 1.21. The Labute approximate surface area is 171 Å². The normalized spacial score (nSPS) is 24.3. The van der Waals surface area contributed by atoms with Crippen LogP contribution in [0.1, 0.15) is 31.7 Å². The van der Waals surface area contributed by atoms with Gasteiger partial charge in [0.2, 0.25) is 5.43 Å². The number of hydrogen-bond donors (Lipinski definition) is 1. The number of pyridine rings is 1. The zero-order valence-electron chi connectivity index (χ0n) is 16.6. The van der Waals surface area contributed by atoms with E-state index in [-0.39, 0.29) is 28.7 Å². The number of piperidine rings is 1. The number of likely N-dealkylation sites (N-methyl/N-ethyl adjacent to an activating group) is 1. The first-order chi connectivity index (χ1) is 14.3. The number of anilines is 1. The number of halogens is 2. The van der Waals surface area contributed by atoms with E-state index in [4.69, 9.17) is 5.11 Å². The Kier molecular flexibility index (Phi) is 4.46. The van der Waals surface area contributed by atoms with Crippen LogP contribution in [0.3, 0.4) is 0 Å². The predicted molar refractivity (Wildman–Crippen MR) is 106 cm³/mol. The number of aromatic nitrogens is 1. The van der Waals surface area contributed by atoms with Crippen LogP contribution in [0.5, 0.6) is 5.75 Å². The smallest absolute Gasteiger partial charge is 0.449 e. The fraction of sp³-hybridized carbons (Fsp3) is 0.524. The van der Waals surface area contributed by atoms with E-state index >= 15 is 8.78 Å². The summed E-state index contributed by atoms with van der Waals surface area (Å²) in [4.78, 5) is 27.6. The molecule has 1 saturated carbocycles. The van der Waals surface area contributed by atoms with Crippen molar-refractivity contribution in [2.24, 2.45) is 5.92 Å². The first-order valence-electron chi connectivity index (χ1n) is 10.3. The maximum absolute atomic E-state index is 15.8. The maximum atomic E-state index is 15.8. The van der Waals surface area contributed by atoms with Gasteiger partial charge in [-0.25, -0.2) is 13.6 Å². The Hall–Kier alpha value is -2.68. The van der Waals surface area contributed by atoms with Gasteiger partial charge in [0.25, 0.3) is 0 Å². The number of ether oxygens (including phenoxy) is 1. The third-order valence-electron chi connectivity index (χ3n) is 6.66. The van der Waals surface area contributed by atoms with Crippen molar-refractivity contribution in [1.29, 1.82) is 0 Å². The fourth-order valence-corrected chi connectivity index (χ4v) is 5.09. The van der Waals surface area contributed by atoms with Gasteiger partial charge >= 0.3 is 6.16 Å². The third kappa shape index (κ3) is 3.03. The summed E-state index contributed by atoms with van der Waals surface area (Å²) in [6.45, 7) is 2.09. The summed E-state index contributed by atoms with van der Waals surface area (Å²) < 4.78 is 37.0. The lowest BCUT2D eigenvalue weighted by molar-refractivity contribution is 0.143. The Bertz CT molecular complexity index is 1100. The van der Waals surface area contributed by atoms with Crippen LogP contribution in [0.25, 0.3) is 10.9 Å².